The SMILES string of the molecule is O=c1[nH]c2c(C(F)(F)F)cccc2c(=O)n1C1CCOCC1. The molecule has 1 aliphatic heterocycles. The number of nitrogens with zero attached hydrogens (tertiary/aromatic N) is 1. The van der Waals surface area contributed by atoms with Crippen molar-refractivity contribution in [1.29, 1.82) is 0 Å². The average molecular weight is 314 g/mol. The van der Waals surface area contributed by atoms with E-state index in [0.29, 0.717) is 26.1 Å². The van der Waals surface area contributed by atoms with Gasteiger partial charge in [0.2, 0.25) is 0 Å². The van der Waals surface area contributed by atoms with E-state index < -0.39 is 28.5 Å². The highest BCUT2D eigenvalue weighted by atomic mass is 19.4. The summed E-state index contributed by atoms with van der Waals surface area (Å²) in [5.41, 5.74) is -3.00. The van der Waals surface area contributed by atoms with Crippen LogP contribution in [-0.4, -0.2) is 22.8 Å². The zero-order chi connectivity index (χ0) is 15.9. The zero-order valence-electron chi connectivity index (χ0n) is 11.4. The molecule has 1 aromatic heterocycles. The van der Waals surface area contributed by atoms with Crippen molar-refractivity contribution in [3.05, 3.63) is 44.6 Å². The second-order valence-corrected chi connectivity index (χ2v) is 5.17. The molecule has 3 rings (SSSR count). The number of hydrogen-bond acceptors (Lipinski definition) is 3. The summed E-state index contributed by atoms with van der Waals surface area (Å²) in [4.78, 5) is 26.8. The predicted octanol–water partition coefficient (Wildman–Crippen LogP) is 2.06. The molecular formula is C14H13F3N2O3. The van der Waals surface area contributed by atoms with Crippen LogP contribution in [0.3, 0.4) is 0 Å². The first-order valence-corrected chi connectivity index (χ1v) is 6.82. The first kappa shape index (κ1) is 14.8. The average Bonchev–Trinajstić information content (AvgIpc) is 2.47. The van der Waals surface area contributed by atoms with E-state index >= 15 is 0 Å². The molecule has 1 aromatic carbocycles. The quantitative estimate of drug-likeness (QED) is 0.876. The Hall–Kier alpha value is -2.09. The first-order valence-electron chi connectivity index (χ1n) is 6.82. The van der Waals surface area contributed by atoms with Crippen LogP contribution in [0.1, 0.15) is 24.4 Å². The lowest BCUT2D eigenvalue weighted by Gasteiger charge is -2.23. The highest BCUT2D eigenvalue weighted by molar-refractivity contribution is 5.81. The van der Waals surface area contributed by atoms with E-state index in [2.05, 4.69) is 4.98 Å². The van der Waals surface area contributed by atoms with Gasteiger partial charge in [-0.05, 0) is 25.0 Å². The number of hydrogen-bond donors (Lipinski definition) is 1. The van der Waals surface area contributed by atoms with Crippen LogP contribution in [0.5, 0.6) is 0 Å². The second-order valence-electron chi connectivity index (χ2n) is 5.17. The number of aromatic amines is 1. The normalized spacial score (nSPS) is 17.0. The fourth-order valence-electron chi connectivity index (χ4n) is 2.77. The van der Waals surface area contributed by atoms with Gasteiger partial charge in [0.05, 0.1) is 16.5 Å². The Kier molecular flexibility index (Phi) is 3.56. The van der Waals surface area contributed by atoms with Gasteiger partial charge in [0, 0.05) is 19.3 Å². The molecule has 8 heteroatoms. The van der Waals surface area contributed by atoms with Gasteiger partial charge >= 0.3 is 11.9 Å². The summed E-state index contributed by atoms with van der Waals surface area (Å²) in [6, 6.07) is 2.94. The van der Waals surface area contributed by atoms with Crippen LogP contribution in [0.2, 0.25) is 0 Å². The smallest absolute Gasteiger partial charge is 0.381 e. The lowest BCUT2D eigenvalue weighted by atomic mass is 10.1. The molecule has 0 radical (unpaired) electrons. The predicted molar refractivity (Wildman–Crippen MR) is 72.9 cm³/mol. The molecule has 1 aliphatic rings. The monoisotopic (exact) mass is 314 g/mol. The third-order valence-electron chi connectivity index (χ3n) is 3.83. The minimum absolute atomic E-state index is 0.138. The van der Waals surface area contributed by atoms with Gasteiger partial charge in [-0.3, -0.25) is 9.36 Å². The van der Waals surface area contributed by atoms with E-state index in [1.54, 1.807) is 0 Å². The second kappa shape index (κ2) is 5.28. The summed E-state index contributed by atoms with van der Waals surface area (Å²) in [5.74, 6) is 0. The van der Waals surface area contributed by atoms with Crippen LogP contribution in [0.4, 0.5) is 13.2 Å². The molecule has 0 aliphatic carbocycles. The minimum atomic E-state index is -4.64. The van der Waals surface area contributed by atoms with E-state index in [4.69, 9.17) is 4.74 Å². The molecule has 1 N–H and O–H groups in total. The number of fused-ring (bicyclic) bond motifs is 1. The Morgan fingerprint density at radius 3 is 2.50 bits per heavy atom. The van der Waals surface area contributed by atoms with Crippen LogP contribution in [0.15, 0.2) is 27.8 Å². The number of ether oxygens (including phenoxy) is 1. The van der Waals surface area contributed by atoms with Crippen molar-refractivity contribution in [3.8, 4) is 0 Å². The molecule has 0 atom stereocenters. The van der Waals surface area contributed by atoms with Crippen LogP contribution in [-0.2, 0) is 10.9 Å². The number of aromatic nitrogens is 2. The first-order chi connectivity index (χ1) is 10.4. The summed E-state index contributed by atoms with van der Waals surface area (Å²) in [5, 5.41) is -0.138. The molecule has 2 heterocycles. The molecule has 22 heavy (non-hydrogen) atoms. The van der Waals surface area contributed by atoms with Crippen molar-refractivity contribution in [2.45, 2.75) is 25.1 Å². The molecule has 118 valence electrons. The number of para-hydroxylation sites is 1. The number of rotatable bonds is 1. The highest BCUT2D eigenvalue weighted by Gasteiger charge is 2.34. The zero-order valence-corrected chi connectivity index (χ0v) is 11.4. The van der Waals surface area contributed by atoms with Crippen molar-refractivity contribution in [2.75, 3.05) is 13.2 Å². The maximum absolute atomic E-state index is 13.0. The Morgan fingerprint density at radius 2 is 1.86 bits per heavy atom. The Labute approximate surface area is 122 Å². The van der Waals surface area contributed by atoms with Gasteiger partial charge in [0.25, 0.3) is 5.56 Å². The van der Waals surface area contributed by atoms with E-state index in [0.717, 1.165) is 10.6 Å². The van der Waals surface area contributed by atoms with Gasteiger partial charge in [0.1, 0.15) is 0 Å². The highest BCUT2D eigenvalue weighted by Crippen LogP contribution is 2.32. The van der Waals surface area contributed by atoms with Gasteiger partial charge in [-0.15, -0.1) is 0 Å². The lowest BCUT2D eigenvalue weighted by Crippen LogP contribution is -2.40. The van der Waals surface area contributed by atoms with E-state index in [-0.39, 0.29) is 11.4 Å². The summed E-state index contributed by atoms with van der Waals surface area (Å²) < 4.78 is 45.1. The van der Waals surface area contributed by atoms with Gasteiger partial charge in [-0.1, -0.05) is 6.07 Å². The van der Waals surface area contributed by atoms with Gasteiger partial charge < -0.3 is 9.72 Å². The van der Waals surface area contributed by atoms with Crippen LogP contribution < -0.4 is 11.2 Å². The Bertz CT molecular complexity index is 817. The molecule has 2 aromatic rings. The van der Waals surface area contributed by atoms with E-state index in [1.165, 1.54) is 12.1 Å². The van der Waals surface area contributed by atoms with Crippen molar-refractivity contribution in [3.63, 3.8) is 0 Å². The Morgan fingerprint density at radius 1 is 1.18 bits per heavy atom. The van der Waals surface area contributed by atoms with Crippen molar-refractivity contribution < 1.29 is 17.9 Å². The molecule has 0 unspecified atom stereocenters. The Balaban J connectivity index is 2.27. The molecular weight excluding hydrogens is 301 g/mol. The molecule has 1 saturated heterocycles. The van der Waals surface area contributed by atoms with Crippen LogP contribution in [0.25, 0.3) is 10.9 Å². The third kappa shape index (κ3) is 2.43. The fourth-order valence-corrected chi connectivity index (χ4v) is 2.77. The number of halogens is 3. The van der Waals surface area contributed by atoms with E-state index in [1.807, 2.05) is 0 Å². The minimum Gasteiger partial charge on any atom is -0.381 e. The van der Waals surface area contributed by atoms with Crippen LogP contribution >= 0.6 is 0 Å². The van der Waals surface area contributed by atoms with Gasteiger partial charge in [-0.2, -0.15) is 13.2 Å². The summed E-state index contributed by atoms with van der Waals surface area (Å²) in [6.07, 6.45) is -3.68. The molecule has 0 saturated carbocycles. The summed E-state index contributed by atoms with van der Waals surface area (Å²) >= 11 is 0. The largest absolute Gasteiger partial charge is 0.418 e. The molecule has 0 amide bonds. The van der Waals surface area contributed by atoms with Gasteiger partial charge in [0.15, 0.2) is 0 Å². The standard InChI is InChI=1S/C14H13F3N2O3/c15-14(16,17)10-3-1-2-9-11(10)18-13(21)19(12(9)20)8-4-6-22-7-5-8/h1-3,8H,4-7H2,(H,18,21). The third-order valence-corrected chi connectivity index (χ3v) is 3.83. The number of H-pyrrole nitrogens is 1. The maximum atomic E-state index is 13.0. The molecule has 0 spiro atoms. The number of alkyl halides is 3. The van der Waals surface area contributed by atoms with Crippen molar-refractivity contribution in [1.82, 2.24) is 9.55 Å². The van der Waals surface area contributed by atoms with Gasteiger partial charge in [-0.25, -0.2) is 4.79 Å². The van der Waals surface area contributed by atoms with Crippen molar-refractivity contribution >= 4 is 10.9 Å². The van der Waals surface area contributed by atoms with E-state index in [9.17, 15) is 22.8 Å². The summed E-state index contributed by atoms with van der Waals surface area (Å²) in [7, 11) is 0. The molecule has 1 fully saturated rings. The van der Waals surface area contributed by atoms with Crippen LogP contribution in [0, 0.1) is 0 Å². The lowest BCUT2D eigenvalue weighted by molar-refractivity contribution is -0.136. The molecule has 5 nitrogen and oxygen atoms in total. The summed E-state index contributed by atoms with van der Waals surface area (Å²) in [6.45, 7) is 0.828. The fraction of sp³-hybridized carbons (Fsp3) is 0.429. The number of benzene rings is 1. The maximum Gasteiger partial charge on any atom is 0.418 e. The van der Waals surface area contributed by atoms with Crippen molar-refractivity contribution in [2.24, 2.45) is 0 Å². The number of nitrogens with one attached hydrogen (secondary N) is 1. The molecule has 0 bridgehead atoms. The topological polar surface area (TPSA) is 64.1 Å².